The first-order chi connectivity index (χ1) is 9.20. The molecule has 0 amide bonds. The smallest absolute Gasteiger partial charge is 0.169 e. The zero-order valence-electron chi connectivity index (χ0n) is 11.3. The second-order valence-electron chi connectivity index (χ2n) is 5.24. The summed E-state index contributed by atoms with van der Waals surface area (Å²) in [6, 6.07) is 8.34. The molecule has 2 heterocycles. The maximum atomic E-state index is 12.6. The summed E-state index contributed by atoms with van der Waals surface area (Å²) >= 11 is 4.05. The molecule has 2 nitrogen and oxygen atoms in total. The highest BCUT2D eigenvalue weighted by molar-refractivity contribution is 8.17. The van der Waals surface area contributed by atoms with Crippen molar-refractivity contribution in [1.82, 2.24) is 0 Å². The summed E-state index contributed by atoms with van der Waals surface area (Å²) in [5.41, 5.74) is 1.99. The third-order valence-electron chi connectivity index (χ3n) is 4.05. The Labute approximate surface area is 123 Å². The van der Waals surface area contributed by atoms with Gasteiger partial charge >= 0.3 is 0 Å². The number of carbonyl (C=O) groups excluding carboxylic acids is 1. The molecule has 0 aliphatic carbocycles. The summed E-state index contributed by atoms with van der Waals surface area (Å²) in [5, 5.41) is 0. The second kappa shape index (κ2) is 5.41. The van der Waals surface area contributed by atoms with E-state index in [2.05, 4.69) is 24.9 Å². The Morgan fingerprint density at radius 3 is 2.63 bits per heavy atom. The van der Waals surface area contributed by atoms with Crippen LogP contribution in [-0.4, -0.2) is 35.0 Å². The molecule has 102 valence electrons. The van der Waals surface area contributed by atoms with Crippen molar-refractivity contribution in [2.45, 2.75) is 24.0 Å². The number of thioether (sulfide) groups is 2. The van der Waals surface area contributed by atoms with Crippen molar-refractivity contribution in [3.05, 3.63) is 29.8 Å². The lowest BCUT2D eigenvalue weighted by molar-refractivity contribution is 0.0906. The number of Topliss-reactive ketones (excluding diaryl/α,β-unsaturated/α-hetero) is 1. The van der Waals surface area contributed by atoms with E-state index >= 15 is 0 Å². The molecule has 3 rings (SSSR count). The lowest BCUT2D eigenvalue weighted by atomic mass is 9.86. The van der Waals surface area contributed by atoms with E-state index in [0.717, 1.165) is 11.3 Å². The van der Waals surface area contributed by atoms with Crippen LogP contribution < -0.4 is 4.90 Å². The third kappa shape index (κ3) is 2.29. The van der Waals surface area contributed by atoms with E-state index in [-0.39, 0.29) is 5.92 Å². The molecule has 2 aliphatic rings. The van der Waals surface area contributed by atoms with Crippen LogP contribution in [0.5, 0.6) is 0 Å². The lowest BCUT2D eigenvalue weighted by Gasteiger charge is -2.44. The molecule has 1 saturated heterocycles. The quantitative estimate of drug-likeness (QED) is 0.789. The average Bonchev–Trinajstić information content (AvgIpc) is 2.46. The largest absolute Gasteiger partial charge is 0.368 e. The van der Waals surface area contributed by atoms with Gasteiger partial charge in [-0.25, -0.2) is 0 Å². The number of hydrogen-bond acceptors (Lipinski definition) is 4. The molecule has 0 N–H and O–H groups in total. The molecule has 19 heavy (non-hydrogen) atoms. The fourth-order valence-electron chi connectivity index (χ4n) is 3.01. The van der Waals surface area contributed by atoms with Crippen molar-refractivity contribution < 1.29 is 4.79 Å². The van der Waals surface area contributed by atoms with Crippen LogP contribution >= 0.6 is 23.5 Å². The van der Waals surface area contributed by atoms with Gasteiger partial charge < -0.3 is 4.90 Å². The number of anilines is 1. The Kier molecular flexibility index (Phi) is 3.81. The number of rotatable bonds is 1. The van der Waals surface area contributed by atoms with Crippen LogP contribution in [0.2, 0.25) is 0 Å². The molecule has 2 aliphatic heterocycles. The first kappa shape index (κ1) is 13.4. The minimum absolute atomic E-state index is 0.0861. The molecule has 4 heteroatoms. The molecule has 0 spiro atoms. The standard InChI is InChI=1S/C15H19NOS2/c1-10-13(15-18-8-5-9-19-15)16(2)12-7-4-3-6-11(12)14(10)17/h3-4,6-7,10,13,15H,5,8-9H2,1-2H3. The first-order valence-electron chi connectivity index (χ1n) is 6.79. The SMILES string of the molecule is CC1C(=O)c2ccccc2N(C)C1C1SCCCS1. The summed E-state index contributed by atoms with van der Waals surface area (Å²) in [6.07, 6.45) is 1.29. The van der Waals surface area contributed by atoms with Crippen LogP contribution in [0.15, 0.2) is 24.3 Å². The predicted octanol–water partition coefficient (Wildman–Crippen LogP) is 3.52. The van der Waals surface area contributed by atoms with Gasteiger partial charge in [-0.3, -0.25) is 4.79 Å². The summed E-state index contributed by atoms with van der Waals surface area (Å²) in [6.45, 7) is 2.09. The monoisotopic (exact) mass is 293 g/mol. The van der Waals surface area contributed by atoms with Crippen LogP contribution in [0.25, 0.3) is 0 Å². The molecule has 2 atom stereocenters. The van der Waals surface area contributed by atoms with Crippen LogP contribution in [0.3, 0.4) is 0 Å². The Bertz CT molecular complexity index is 485. The van der Waals surface area contributed by atoms with Crippen LogP contribution in [0.4, 0.5) is 5.69 Å². The topological polar surface area (TPSA) is 20.3 Å². The summed E-state index contributed by atoms with van der Waals surface area (Å²) < 4.78 is 0.519. The lowest BCUT2D eigenvalue weighted by Crippen LogP contribution is -2.50. The fourth-order valence-corrected chi connectivity index (χ4v) is 6.47. The third-order valence-corrected chi connectivity index (χ3v) is 7.13. The maximum absolute atomic E-state index is 12.6. The van der Waals surface area contributed by atoms with Gasteiger partial charge in [0.1, 0.15) is 0 Å². The van der Waals surface area contributed by atoms with Gasteiger partial charge in [-0.2, -0.15) is 0 Å². The number of fused-ring (bicyclic) bond motifs is 1. The minimum atomic E-state index is 0.0861. The molecular formula is C15H19NOS2. The number of carbonyl (C=O) groups is 1. The zero-order chi connectivity index (χ0) is 13.4. The highest BCUT2D eigenvalue weighted by atomic mass is 32.2. The Morgan fingerprint density at radius 1 is 1.21 bits per heavy atom. The Balaban J connectivity index is 1.96. The molecule has 2 unspecified atom stereocenters. The van der Waals surface area contributed by atoms with E-state index in [9.17, 15) is 4.79 Å². The van der Waals surface area contributed by atoms with Crippen molar-refractivity contribution in [2.75, 3.05) is 23.5 Å². The van der Waals surface area contributed by atoms with Crippen molar-refractivity contribution in [3.8, 4) is 0 Å². The van der Waals surface area contributed by atoms with E-state index in [1.54, 1.807) is 0 Å². The first-order valence-corrected chi connectivity index (χ1v) is 8.89. The number of benzene rings is 1. The molecule has 0 aromatic heterocycles. The normalized spacial score (nSPS) is 28.3. The van der Waals surface area contributed by atoms with E-state index < -0.39 is 0 Å². The number of nitrogens with zero attached hydrogens (tertiary/aromatic N) is 1. The number of para-hydroxylation sites is 1. The van der Waals surface area contributed by atoms with Gasteiger partial charge in [-0.1, -0.05) is 19.1 Å². The molecule has 0 saturated carbocycles. The van der Waals surface area contributed by atoms with Crippen LogP contribution in [-0.2, 0) is 0 Å². The summed E-state index contributed by atoms with van der Waals surface area (Å²) in [7, 11) is 2.14. The van der Waals surface area contributed by atoms with E-state index in [0.29, 0.717) is 16.4 Å². The number of hydrogen-bond donors (Lipinski definition) is 0. The number of ketones is 1. The van der Waals surface area contributed by atoms with Gasteiger partial charge in [-0.15, -0.1) is 23.5 Å². The molecule has 0 bridgehead atoms. The summed E-state index contributed by atoms with van der Waals surface area (Å²) in [5.74, 6) is 2.85. The van der Waals surface area contributed by atoms with Crippen molar-refractivity contribution in [2.24, 2.45) is 5.92 Å². The zero-order valence-corrected chi connectivity index (χ0v) is 13.0. The van der Waals surface area contributed by atoms with E-state index in [4.69, 9.17) is 0 Å². The van der Waals surface area contributed by atoms with Gasteiger partial charge in [0.25, 0.3) is 0 Å². The van der Waals surface area contributed by atoms with Gasteiger partial charge in [0, 0.05) is 24.2 Å². The predicted molar refractivity (Wildman–Crippen MR) is 85.4 cm³/mol. The van der Waals surface area contributed by atoms with Gasteiger partial charge in [-0.05, 0) is 30.1 Å². The Hall–Kier alpha value is -0.610. The maximum Gasteiger partial charge on any atom is 0.169 e. The van der Waals surface area contributed by atoms with E-state index in [1.165, 1.54) is 17.9 Å². The van der Waals surface area contributed by atoms with Gasteiger partial charge in [0.2, 0.25) is 0 Å². The summed E-state index contributed by atoms with van der Waals surface area (Å²) in [4.78, 5) is 14.9. The van der Waals surface area contributed by atoms with Crippen LogP contribution in [0, 0.1) is 5.92 Å². The second-order valence-corrected chi connectivity index (χ2v) is 8.03. The van der Waals surface area contributed by atoms with Crippen LogP contribution in [0.1, 0.15) is 23.7 Å². The fraction of sp³-hybridized carbons (Fsp3) is 0.533. The van der Waals surface area contributed by atoms with Gasteiger partial charge in [0.05, 0.1) is 10.6 Å². The minimum Gasteiger partial charge on any atom is -0.368 e. The molecular weight excluding hydrogens is 274 g/mol. The highest BCUT2D eigenvalue weighted by Crippen LogP contribution is 2.42. The van der Waals surface area contributed by atoms with Crippen molar-refractivity contribution in [3.63, 3.8) is 0 Å². The van der Waals surface area contributed by atoms with E-state index in [1.807, 2.05) is 41.7 Å². The van der Waals surface area contributed by atoms with Crippen molar-refractivity contribution >= 4 is 35.0 Å². The molecule has 1 aromatic carbocycles. The Morgan fingerprint density at radius 2 is 1.89 bits per heavy atom. The molecule has 0 radical (unpaired) electrons. The molecule has 1 fully saturated rings. The van der Waals surface area contributed by atoms with Crippen molar-refractivity contribution in [1.29, 1.82) is 0 Å². The molecule has 1 aromatic rings. The van der Waals surface area contributed by atoms with Gasteiger partial charge in [0.15, 0.2) is 5.78 Å². The average molecular weight is 293 g/mol. The highest BCUT2D eigenvalue weighted by Gasteiger charge is 2.41.